The fourth-order valence-electron chi connectivity index (χ4n) is 1.60. The molecule has 0 saturated carbocycles. The molecule has 0 spiro atoms. The molecule has 0 radical (unpaired) electrons. The number of fused-ring (bicyclic) bond motifs is 1. The minimum Gasteiger partial charge on any atom is -0.365 e. The minimum atomic E-state index is -0.869. The molecule has 1 aromatic carbocycles. The number of carbonyl (C=O) groups excluding carboxylic acids is 1. The molecular weight excluding hydrogens is 242 g/mol. The van der Waals surface area contributed by atoms with Crippen molar-refractivity contribution in [1.82, 2.24) is 0 Å². The van der Waals surface area contributed by atoms with Crippen molar-refractivity contribution in [3.63, 3.8) is 0 Å². The lowest BCUT2D eigenvalue weighted by Gasteiger charge is -2.01. The van der Waals surface area contributed by atoms with Gasteiger partial charge in [-0.3, -0.25) is 4.79 Å². The summed E-state index contributed by atoms with van der Waals surface area (Å²) in [5, 5.41) is 23.9. The van der Waals surface area contributed by atoms with Crippen LogP contribution in [0.5, 0.6) is 0 Å². The number of rotatable bonds is 2. The number of nitrogens with one attached hydrogen (secondary N) is 2. The number of allylic oxidation sites excluding steroid dienone is 2. The molecule has 1 aliphatic rings. The zero-order chi connectivity index (χ0) is 13.8. The number of carbonyl (C=O) groups is 1. The Bertz CT molecular complexity index is 661. The SMILES string of the molecule is N#CC(/C=C(\C#N)C(N)=O)=C1Nc2ccccc2N1. The van der Waals surface area contributed by atoms with E-state index < -0.39 is 5.91 Å². The highest BCUT2D eigenvalue weighted by atomic mass is 16.1. The highest BCUT2D eigenvalue weighted by Crippen LogP contribution is 2.31. The highest BCUT2D eigenvalue weighted by molar-refractivity contribution is 5.96. The number of nitriles is 2. The van der Waals surface area contributed by atoms with Gasteiger partial charge < -0.3 is 16.4 Å². The number of anilines is 2. The monoisotopic (exact) mass is 251 g/mol. The Balaban J connectivity index is 2.41. The van der Waals surface area contributed by atoms with Gasteiger partial charge in [-0.05, 0) is 18.2 Å². The van der Waals surface area contributed by atoms with Crippen molar-refractivity contribution in [1.29, 1.82) is 10.5 Å². The normalized spacial score (nSPS) is 12.5. The third-order valence-corrected chi connectivity index (χ3v) is 2.51. The first-order chi connectivity index (χ1) is 9.15. The Hall–Kier alpha value is -3.25. The number of hydrogen-bond acceptors (Lipinski definition) is 5. The van der Waals surface area contributed by atoms with Crippen LogP contribution in [0.25, 0.3) is 0 Å². The number of amides is 1. The van der Waals surface area contributed by atoms with Crippen LogP contribution in [0.1, 0.15) is 0 Å². The maximum atomic E-state index is 11.0. The topological polar surface area (TPSA) is 115 Å². The Kier molecular flexibility index (Phi) is 3.18. The lowest BCUT2D eigenvalue weighted by molar-refractivity contribution is -0.114. The molecule has 1 aromatic rings. The molecular formula is C13H9N5O. The molecule has 6 heteroatoms. The molecule has 0 aliphatic carbocycles. The van der Waals surface area contributed by atoms with Crippen molar-refractivity contribution < 1.29 is 4.79 Å². The molecule has 0 fully saturated rings. The average Bonchev–Trinajstić information content (AvgIpc) is 2.83. The van der Waals surface area contributed by atoms with Crippen LogP contribution in [0.3, 0.4) is 0 Å². The quantitative estimate of drug-likeness (QED) is 0.539. The molecule has 0 aromatic heterocycles. The van der Waals surface area contributed by atoms with Crippen molar-refractivity contribution in [2.24, 2.45) is 5.73 Å². The zero-order valence-electron chi connectivity index (χ0n) is 9.77. The molecule has 0 saturated heterocycles. The van der Waals surface area contributed by atoms with Crippen molar-refractivity contribution in [2.45, 2.75) is 0 Å². The zero-order valence-corrected chi connectivity index (χ0v) is 9.77. The number of nitrogens with two attached hydrogens (primary N) is 1. The van der Waals surface area contributed by atoms with E-state index in [2.05, 4.69) is 10.6 Å². The third kappa shape index (κ3) is 2.38. The van der Waals surface area contributed by atoms with E-state index in [1.54, 1.807) is 6.07 Å². The van der Waals surface area contributed by atoms with Gasteiger partial charge in [0.1, 0.15) is 23.5 Å². The van der Waals surface area contributed by atoms with Crippen molar-refractivity contribution >= 4 is 17.3 Å². The van der Waals surface area contributed by atoms with Crippen LogP contribution in [0.15, 0.2) is 47.3 Å². The predicted octanol–water partition coefficient (Wildman–Crippen LogP) is 1.19. The third-order valence-electron chi connectivity index (χ3n) is 2.51. The van der Waals surface area contributed by atoms with Crippen LogP contribution in [0.2, 0.25) is 0 Å². The van der Waals surface area contributed by atoms with Gasteiger partial charge >= 0.3 is 0 Å². The first kappa shape index (κ1) is 12.2. The molecule has 92 valence electrons. The van der Waals surface area contributed by atoms with E-state index in [-0.39, 0.29) is 11.1 Å². The van der Waals surface area contributed by atoms with Gasteiger partial charge in [0.15, 0.2) is 0 Å². The molecule has 0 unspecified atom stereocenters. The van der Waals surface area contributed by atoms with Gasteiger partial charge in [0.2, 0.25) is 0 Å². The second-order valence-corrected chi connectivity index (χ2v) is 3.73. The van der Waals surface area contributed by atoms with Crippen LogP contribution in [-0.2, 0) is 4.79 Å². The Morgan fingerprint density at radius 1 is 1.16 bits per heavy atom. The van der Waals surface area contributed by atoms with Crippen LogP contribution < -0.4 is 16.4 Å². The Morgan fingerprint density at radius 3 is 2.16 bits per heavy atom. The minimum absolute atomic E-state index is 0.131. The Morgan fingerprint density at radius 2 is 1.74 bits per heavy atom. The summed E-state index contributed by atoms with van der Waals surface area (Å²) in [6, 6.07) is 11.0. The van der Waals surface area contributed by atoms with Gasteiger partial charge in [0, 0.05) is 0 Å². The first-order valence-electron chi connectivity index (χ1n) is 5.34. The van der Waals surface area contributed by atoms with Gasteiger partial charge in [0.05, 0.1) is 16.9 Å². The molecule has 4 N–H and O–H groups in total. The molecule has 1 aliphatic heterocycles. The van der Waals surface area contributed by atoms with E-state index in [9.17, 15) is 4.79 Å². The van der Waals surface area contributed by atoms with Crippen LogP contribution >= 0.6 is 0 Å². The standard InChI is InChI=1S/C13H9N5O/c14-6-8(12(16)19)5-9(7-15)13-17-10-3-1-2-4-11(10)18-13/h1-5,17-18H,(H2,16,19)/b8-5+. The molecule has 6 nitrogen and oxygen atoms in total. The Labute approximate surface area is 109 Å². The number of primary amides is 1. The highest BCUT2D eigenvalue weighted by Gasteiger charge is 2.17. The number of benzene rings is 1. The summed E-state index contributed by atoms with van der Waals surface area (Å²) in [6.07, 6.45) is 1.16. The van der Waals surface area contributed by atoms with E-state index in [0.29, 0.717) is 5.82 Å². The van der Waals surface area contributed by atoms with Gasteiger partial charge in [-0.15, -0.1) is 0 Å². The van der Waals surface area contributed by atoms with Gasteiger partial charge in [-0.25, -0.2) is 0 Å². The van der Waals surface area contributed by atoms with E-state index >= 15 is 0 Å². The van der Waals surface area contributed by atoms with Gasteiger partial charge in [-0.1, -0.05) is 12.1 Å². The average molecular weight is 251 g/mol. The van der Waals surface area contributed by atoms with Gasteiger partial charge in [-0.2, -0.15) is 10.5 Å². The number of hydrogen-bond donors (Lipinski definition) is 3. The number of nitrogens with zero attached hydrogens (tertiary/aromatic N) is 2. The van der Waals surface area contributed by atoms with Crippen LogP contribution in [0.4, 0.5) is 11.4 Å². The molecule has 0 atom stereocenters. The number of para-hydroxylation sites is 2. The fourth-order valence-corrected chi connectivity index (χ4v) is 1.60. The summed E-state index contributed by atoms with van der Waals surface area (Å²) in [5.41, 5.74) is 6.52. The molecule has 1 amide bonds. The largest absolute Gasteiger partial charge is 0.365 e. The fraction of sp³-hybridized carbons (Fsp3) is 0. The second kappa shape index (κ2) is 4.94. The maximum Gasteiger partial charge on any atom is 0.259 e. The van der Waals surface area contributed by atoms with E-state index in [4.69, 9.17) is 16.3 Å². The van der Waals surface area contributed by atoms with Crippen molar-refractivity contribution in [2.75, 3.05) is 10.6 Å². The summed E-state index contributed by atoms with van der Waals surface area (Å²) in [6.45, 7) is 0. The predicted molar refractivity (Wildman–Crippen MR) is 69.2 cm³/mol. The van der Waals surface area contributed by atoms with E-state index in [1.807, 2.05) is 30.3 Å². The second-order valence-electron chi connectivity index (χ2n) is 3.73. The lowest BCUT2D eigenvalue weighted by Crippen LogP contribution is -2.13. The van der Waals surface area contributed by atoms with E-state index in [0.717, 1.165) is 17.5 Å². The molecule has 2 rings (SSSR count). The molecule has 19 heavy (non-hydrogen) atoms. The van der Waals surface area contributed by atoms with Crippen molar-refractivity contribution in [3.8, 4) is 12.1 Å². The van der Waals surface area contributed by atoms with Crippen molar-refractivity contribution in [3.05, 3.63) is 47.3 Å². The summed E-state index contributed by atoms with van der Waals surface area (Å²) >= 11 is 0. The summed E-state index contributed by atoms with van der Waals surface area (Å²) in [5.74, 6) is -0.455. The van der Waals surface area contributed by atoms with Crippen LogP contribution in [-0.4, -0.2) is 5.91 Å². The maximum absolute atomic E-state index is 11.0. The first-order valence-corrected chi connectivity index (χ1v) is 5.34. The summed E-state index contributed by atoms with van der Waals surface area (Å²) < 4.78 is 0. The lowest BCUT2D eigenvalue weighted by atomic mass is 10.1. The van der Waals surface area contributed by atoms with Gasteiger partial charge in [0.25, 0.3) is 5.91 Å². The summed E-state index contributed by atoms with van der Waals surface area (Å²) in [7, 11) is 0. The van der Waals surface area contributed by atoms with E-state index in [1.165, 1.54) is 0 Å². The summed E-state index contributed by atoms with van der Waals surface area (Å²) in [4.78, 5) is 11.0. The smallest absolute Gasteiger partial charge is 0.259 e. The van der Waals surface area contributed by atoms with Crippen LogP contribution in [0, 0.1) is 22.7 Å². The molecule has 1 heterocycles. The molecule has 0 bridgehead atoms.